The molecule has 0 bridgehead atoms. The van der Waals surface area contributed by atoms with Crippen molar-refractivity contribution in [1.29, 1.82) is 0 Å². The third-order valence-corrected chi connectivity index (χ3v) is 6.74. The van der Waals surface area contributed by atoms with Crippen molar-refractivity contribution < 1.29 is 4.79 Å². The van der Waals surface area contributed by atoms with Crippen LogP contribution >= 0.6 is 0 Å². The van der Waals surface area contributed by atoms with E-state index in [0.29, 0.717) is 12.6 Å². The number of hydrogen-bond donors (Lipinski definition) is 1. The number of carbonyl (C=O) groups excluding carboxylic acids is 1. The number of anilines is 2. The Bertz CT molecular complexity index is 744. The van der Waals surface area contributed by atoms with Crippen molar-refractivity contribution in [2.75, 3.05) is 50.7 Å². The Balaban J connectivity index is 1.37. The Kier molecular flexibility index (Phi) is 7.03. The standard InChI is InChI=1S/C25H34N4O/c1-21(22-12-14-26-15-13-22)27-16-18-28(19-17-27)25(30)20-29(23-8-4-2-5-9-23)24-10-6-3-7-11-24/h2-11,21-22,26H,12-20H2,1H3. The summed E-state index contributed by atoms with van der Waals surface area (Å²) in [6, 6.07) is 21.0. The Hall–Kier alpha value is -2.37. The molecule has 0 spiro atoms. The minimum atomic E-state index is 0.205. The lowest BCUT2D eigenvalue weighted by Gasteiger charge is -2.42. The zero-order valence-corrected chi connectivity index (χ0v) is 18.0. The normalized spacial score (nSPS) is 19.4. The van der Waals surface area contributed by atoms with Crippen LogP contribution < -0.4 is 10.2 Å². The molecule has 2 aliphatic heterocycles. The zero-order chi connectivity index (χ0) is 20.8. The molecule has 2 fully saturated rings. The maximum atomic E-state index is 13.2. The largest absolute Gasteiger partial charge is 0.339 e. The molecule has 2 heterocycles. The van der Waals surface area contributed by atoms with Gasteiger partial charge in [0.25, 0.3) is 0 Å². The fraction of sp³-hybridized carbons (Fsp3) is 0.480. The zero-order valence-electron chi connectivity index (χ0n) is 18.0. The highest BCUT2D eigenvalue weighted by Gasteiger charge is 2.29. The van der Waals surface area contributed by atoms with Crippen LogP contribution in [0, 0.1) is 5.92 Å². The van der Waals surface area contributed by atoms with E-state index in [0.717, 1.165) is 56.6 Å². The first kappa shape index (κ1) is 20.9. The lowest BCUT2D eigenvalue weighted by molar-refractivity contribution is -0.131. The van der Waals surface area contributed by atoms with Gasteiger partial charge >= 0.3 is 0 Å². The number of benzene rings is 2. The number of piperidine rings is 1. The van der Waals surface area contributed by atoms with Crippen LogP contribution in [0.1, 0.15) is 19.8 Å². The van der Waals surface area contributed by atoms with Crippen molar-refractivity contribution in [3.8, 4) is 0 Å². The molecule has 2 saturated heterocycles. The number of nitrogens with zero attached hydrogens (tertiary/aromatic N) is 3. The molecule has 1 atom stereocenters. The van der Waals surface area contributed by atoms with Gasteiger partial charge in [-0.3, -0.25) is 9.69 Å². The lowest BCUT2D eigenvalue weighted by atomic mass is 9.90. The van der Waals surface area contributed by atoms with Gasteiger partial charge in [-0.2, -0.15) is 0 Å². The molecule has 5 nitrogen and oxygen atoms in total. The molecule has 30 heavy (non-hydrogen) atoms. The monoisotopic (exact) mass is 406 g/mol. The summed E-state index contributed by atoms with van der Waals surface area (Å²) in [5.74, 6) is 0.983. The summed E-state index contributed by atoms with van der Waals surface area (Å²) in [5.41, 5.74) is 2.10. The van der Waals surface area contributed by atoms with E-state index in [4.69, 9.17) is 0 Å². The number of para-hydroxylation sites is 2. The third kappa shape index (κ3) is 5.02. The number of amides is 1. The molecule has 0 saturated carbocycles. The first-order chi connectivity index (χ1) is 14.7. The molecule has 0 aromatic heterocycles. The summed E-state index contributed by atoms with van der Waals surface area (Å²) in [6.45, 7) is 8.64. The molecule has 1 unspecified atom stereocenters. The number of rotatable bonds is 6. The minimum absolute atomic E-state index is 0.205. The van der Waals surface area contributed by atoms with Gasteiger partial charge in [0, 0.05) is 43.6 Å². The number of piperazine rings is 1. The number of hydrogen-bond acceptors (Lipinski definition) is 4. The molecule has 2 aromatic carbocycles. The Labute approximate surface area is 180 Å². The molecule has 2 aliphatic rings. The average Bonchev–Trinajstić information content (AvgIpc) is 2.83. The quantitative estimate of drug-likeness (QED) is 0.799. The van der Waals surface area contributed by atoms with Crippen molar-refractivity contribution in [3.63, 3.8) is 0 Å². The predicted octanol–water partition coefficient (Wildman–Crippen LogP) is 3.36. The Morgan fingerprint density at radius 2 is 1.47 bits per heavy atom. The summed E-state index contributed by atoms with van der Waals surface area (Å²) >= 11 is 0. The summed E-state index contributed by atoms with van der Waals surface area (Å²) in [5, 5.41) is 3.46. The van der Waals surface area contributed by atoms with Crippen LogP contribution in [0.15, 0.2) is 60.7 Å². The molecule has 0 aliphatic carbocycles. The second-order valence-electron chi connectivity index (χ2n) is 8.50. The highest BCUT2D eigenvalue weighted by molar-refractivity contribution is 5.84. The van der Waals surface area contributed by atoms with Gasteiger partial charge in [0.15, 0.2) is 0 Å². The maximum absolute atomic E-state index is 13.2. The van der Waals surface area contributed by atoms with E-state index in [9.17, 15) is 4.79 Å². The molecule has 1 N–H and O–H groups in total. The summed E-state index contributed by atoms with van der Waals surface area (Å²) in [7, 11) is 0. The molecule has 5 heteroatoms. The van der Waals surface area contributed by atoms with Crippen molar-refractivity contribution in [1.82, 2.24) is 15.1 Å². The molecular weight excluding hydrogens is 372 g/mol. The molecule has 0 radical (unpaired) electrons. The smallest absolute Gasteiger partial charge is 0.242 e. The van der Waals surface area contributed by atoms with Crippen LogP contribution in [0.3, 0.4) is 0 Å². The van der Waals surface area contributed by atoms with E-state index in [1.807, 2.05) is 41.3 Å². The van der Waals surface area contributed by atoms with Gasteiger partial charge in [0.05, 0.1) is 0 Å². The van der Waals surface area contributed by atoms with Crippen molar-refractivity contribution in [3.05, 3.63) is 60.7 Å². The van der Waals surface area contributed by atoms with Crippen molar-refractivity contribution in [2.24, 2.45) is 5.92 Å². The number of carbonyl (C=O) groups is 1. The van der Waals surface area contributed by atoms with E-state index in [2.05, 4.69) is 46.3 Å². The van der Waals surface area contributed by atoms with Gasteiger partial charge < -0.3 is 15.1 Å². The number of nitrogens with one attached hydrogen (secondary N) is 1. The van der Waals surface area contributed by atoms with Crippen LogP contribution in [0.5, 0.6) is 0 Å². The lowest BCUT2D eigenvalue weighted by Crippen LogP contribution is -2.55. The van der Waals surface area contributed by atoms with Crippen LogP contribution in [-0.4, -0.2) is 67.6 Å². The highest BCUT2D eigenvalue weighted by Crippen LogP contribution is 2.25. The molecule has 160 valence electrons. The van der Waals surface area contributed by atoms with Crippen LogP contribution in [0.25, 0.3) is 0 Å². The van der Waals surface area contributed by atoms with E-state index < -0.39 is 0 Å². The third-order valence-electron chi connectivity index (χ3n) is 6.74. The summed E-state index contributed by atoms with van der Waals surface area (Å²) in [4.78, 5) is 19.9. The van der Waals surface area contributed by atoms with Crippen LogP contribution in [0.4, 0.5) is 11.4 Å². The second kappa shape index (κ2) is 10.1. The van der Waals surface area contributed by atoms with Gasteiger partial charge in [0.1, 0.15) is 6.54 Å². The summed E-state index contributed by atoms with van der Waals surface area (Å²) < 4.78 is 0. The van der Waals surface area contributed by atoms with Gasteiger partial charge in [-0.15, -0.1) is 0 Å². The fourth-order valence-corrected chi connectivity index (χ4v) is 4.79. The summed E-state index contributed by atoms with van der Waals surface area (Å²) in [6.07, 6.45) is 2.53. The fourth-order valence-electron chi connectivity index (χ4n) is 4.79. The molecule has 1 amide bonds. The SMILES string of the molecule is CC(C1CCNCC1)N1CCN(C(=O)CN(c2ccccc2)c2ccccc2)CC1. The van der Waals surface area contributed by atoms with Crippen LogP contribution in [-0.2, 0) is 4.79 Å². The van der Waals surface area contributed by atoms with Crippen molar-refractivity contribution in [2.45, 2.75) is 25.8 Å². The first-order valence-electron chi connectivity index (χ1n) is 11.3. The Morgan fingerprint density at radius 3 is 2.00 bits per heavy atom. The van der Waals surface area contributed by atoms with Gasteiger partial charge in [-0.25, -0.2) is 0 Å². The van der Waals surface area contributed by atoms with E-state index in [-0.39, 0.29) is 5.91 Å². The Morgan fingerprint density at radius 1 is 0.933 bits per heavy atom. The van der Waals surface area contributed by atoms with Crippen LogP contribution in [0.2, 0.25) is 0 Å². The molecular formula is C25H34N4O. The molecule has 2 aromatic rings. The predicted molar refractivity (Wildman–Crippen MR) is 123 cm³/mol. The van der Waals surface area contributed by atoms with Crippen molar-refractivity contribution >= 4 is 17.3 Å². The second-order valence-corrected chi connectivity index (χ2v) is 8.50. The van der Waals surface area contributed by atoms with E-state index in [1.165, 1.54) is 12.8 Å². The topological polar surface area (TPSA) is 38.8 Å². The van der Waals surface area contributed by atoms with E-state index >= 15 is 0 Å². The van der Waals surface area contributed by atoms with Gasteiger partial charge in [-0.1, -0.05) is 36.4 Å². The van der Waals surface area contributed by atoms with E-state index in [1.54, 1.807) is 0 Å². The maximum Gasteiger partial charge on any atom is 0.242 e. The average molecular weight is 407 g/mol. The molecule has 4 rings (SSSR count). The minimum Gasteiger partial charge on any atom is -0.339 e. The van der Waals surface area contributed by atoms with Gasteiger partial charge in [-0.05, 0) is 63.0 Å². The highest BCUT2D eigenvalue weighted by atomic mass is 16.2. The van der Waals surface area contributed by atoms with Gasteiger partial charge in [0.2, 0.25) is 5.91 Å². The first-order valence-corrected chi connectivity index (χ1v) is 11.3.